The van der Waals surface area contributed by atoms with Gasteiger partial charge < -0.3 is 5.32 Å². The summed E-state index contributed by atoms with van der Waals surface area (Å²) in [6, 6.07) is 13.2. The lowest BCUT2D eigenvalue weighted by atomic mass is 10.1. The number of amides is 1. The predicted octanol–water partition coefficient (Wildman–Crippen LogP) is 7.04. The number of anilines is 1. The number of nitrogens with zero attached hydrogens (tertiary/aromatic N) is 2. The van der Waals surface area contributed by atoms with Crippen LogP contribution in [0.25, 0.3) is 5.69 Å². The molecule has 9 heteroatoms. The summed E-state index contributed by atoms with van der Waals surface area (Å²) >= 11 is 20.1. The summed E-state index contributed by atoms with van der Waals surface area (Å²) in [5.41, 5.74) is 2.82. The van der Waals surface area contributed by atoms with Gasteiger partial charge in [0.2, 0.25) is 5.91 Å². The normalized spacial score (nSPS) is 10.9. The monoisotopic (exact) mass is 483 g/mol. The molecule has 3 rings (SSSR count). The van der Waals surface area contributed by atoms with E-state index in [0.29, 0.717) is 18.3 Å². The van der Waals surface area contributed by atoms with E-state index in [1.807, 2.05) is 12.1 Å². The van der Waals surface area contributed by atoms with Crippen molar-refractivity contribution in [3.63, 3.8) is 0 Å². The van der Waals surface area contributed by atoms with E-state index < -0.39 is 0 Å². The number of rotatable bonds is 8. The van der Waals surface area contributed by atoms with E-state index in [4.69, 9.17) is 35.4 Å². The van der Waals surface area contributed by atoms with E-state index in [2.05, 4.69) is 29.5 Å². The zero-order chi connectivity index (χ0) is 20.8. The summed E-state index contributed by atoms with van der Waals surface area (Å²) in [6.07, 6.45) is 3.40. The second kappa shape index (κ2) is 10.6. The lowest BCUT2D eigenvalue weighted by Crippen LogP contribution is -2.13. The molecule has 0 fully saturated rings. The first-order valence-electron chi connectivity index (χ1n) is 9.03. The minimum absolute atomic E-state index is 0.0847. The topological polar surface area (TPSA) is 46.9 Å². The van der Waals surface area contributed by atoms with Crippen molar-refractivity contribution < 1.29 is 4.79 Å². The molecule has 1 amide bonds. The van der Waals surface area contributed by atoms with E-state index >= 15 is 0 Å². The molecule has 0 saturated heterocycles. The van der Waals surface area contributed by atoms with Gasteiger partial charge in [-0.05, 0) is 61.0 Å². The number of aromatic nitrogens is 2. The van der Waals surface area contributed by atoms with Gasteiger partial charge in [-0.25, -0.2) is 4.68 Å². The van der Waals surface area contributed by atoms with Crippen LogP contribution in [0.2, 0.25) is 10.0 Å². The van der Waals surface area contributed by atoms with Gasteiger partial charge in [0.15, 0.2) is 8.29 Å². The van der Waals surface area contributed by atoms with Gasteiger partial charge in [-0.1, -0.05) is 71.8 Å². The fourth-order valence-corrected chi connectivity index (χ4v) is 5.01. The Labute approximate surface area is 193 Å². The van der Waals surface area contributed by atoms with Crippen LogP contribution in [-0.4, -0.2) is 21.4 Å². The summed E-state index contributed by atoms with van der Waals surface area (Å²) in [6.45, 7) is 2.18. The van der Waals surface area contributed by atoms with Crippen molar-refractivity contribution in [1.82, 2.24) is 9.78 Å². The number of hydrogen-bond donors (Lipinski definition) is 1. The highest BCUT2D eigenvalue weighted by Gasteiger charge is 2.11. The Hall–Kier alpha value is -1.38. The first kappa shape index (κ1) is 22.3. The van der Waals surface area contributed by atoms with Gasteiger partial charge in [-0.15, -0.1) is 5.10 Å². The van der Waals surface area contributed by atoms with Gasteiger partial charge in [-0.2, -0.15) is 0 Å². The summed E-state index contributed by atoms with van der Waals surface area (Å²) in [5, 5.41) is 8.31. The van der Waals surface area contributed by atoms with Crippen LogP contribution in [-0.2, 0) is 11.2 Å². The maximum absolute atomic E-state index is 12.3. The minimum Gasteiger partial charge on any atom is -0.325 e. The molecule has 0 bridgehead atoms. The molecule has 0 unspecified atom stereocenters. The summed E-state index contributed by atoms with van der Waals surface area (Å²) in [4.78, 5) is 12.3. The van der Waals surface area contributed by atoms with Gasteiger partial charge >= 0.3 is 0 Å². The van der Waals surface area contributed by atoms with Crippen LogP contribution in [0.15, 0.2) is 46.8 Å². The Bertz CT molecular complexity index is 1050. The van der Waals surface area contributed by atoms with Crippen molar-refractivity contribution >= 4 is 70.1 Å². The quantitative estimate of drug-likeness (QED) is 0.275. The van der Waals surface area contributed by atoms with Crippen LogP contribution in [0.4, 0.5) is 5.69 Å². The van der Waals surface area contributed by atoms with E-state index in [9.17, 15) is 4.79 Å². The Kier molecular flexibility index (Phi) is 8.15. The highest BCUT2D eigenvalue weighted by Crippen LogP contribution is 2.28. The second-order valence-corrected chi connectivity index (χ2v) is 9.94. The maximum Gasteiger partial charge on any atom is 0.234 e. The number of benzene rings is 2. The fraction of sp³-hybridized carbons (Fsp3) is 0.250. The average molecular weight is 484 g/mol. The molecule has 0 aliphatic rings. The average Bonchev–Trinajstić information content (AvgIpc) is 3.08. The molecule has 152 valence electrons. The molecule has 0 saturated carbocycles. The number of thioether (sulfide) groups is 1. The van der Waals surface area contributed by atoms with Crippen LogP contribution >= 0.6 is 58.5 Å². The molecular weight excluding hydrogens is 465 g/mol. The van der Waals surface area contributed by atoms with E-state index in [0.717, 1.165) is 17.8 Å². The largest absolute Gasteiger partial charge is 0.325 e. The van der Waals surface area contributed by atoms with Gasteiger partial charge in [0.1, 0.15) is 0 Å². The van der Waals surface area contributed by atoms with E-state index in [-0.39, 0.29) is 11.7 Å². The molecule has 0 atom stereocenters. The van der Waals surface area contributed by atoms with Crippen molar-refractivity contribution in [3.05, 3.63) is 62.0 Å². The van der Waals surface area contributed by atoms with Gasteiger partial charge in [0.25, 0.3) is 0 Å². The molecule has 0 spiro atoms. The number of carbonyl (C=O) groups excluding carboxylic acids is 1. The molecule has 2 aromatic carbocycles. The van der Waals surface area contributed by atoms with Crippen LogP contribution in [0.5, 0.6) is 0 Å². The molecule has 1 heterocycles. The molecule has 0 aliphatic heterocycles. The first-order chi connectivity index (χ1) is 14.0. The minimum atomic E-state index is -0.0847. The molecule has 1 N–H and O–H groups in total. The standard InChI is InChI=1S/C20H19Cl2N3OS3/c1-2-3-4-13-5-7-14(8-6-13)23-18(26)12-28-19-24-25(20(27)29-19)15-9-10-16(21)17(22)11-15/h5-11H,2-4,12H2,1H3,(H,23,26). The number of nitrogens with one attached hydrogen (secondary N) is 1. The molecule has 0 aliphatic carbocycles. The van der Waals surface area contributed by atoms with Crippen molar-refractivity contribution in [3.8, 4) is 5.69 Å². The summed E-state index contributed by atoms with van der Waals surface area (Å²) in [7, 11) is 0. The van der Waals surface area contributed by atoms with Gasteiger partial charge in [0.05, 0.1) is 21.5 Å². The highest BCUT2D eigenvalue weighted by molar-refractivity contribution is 8.01. The molecule has 1 aromatic heterocycles. The van der Waals surface area contributed by atoms with Crippen molar-refractivity contribution in [1.29, 1.82) is 0 Å². The molecule has 29 heavy (non-hydrogen) atoms. The van der Waals surface area contributed by atoms with Crippen LogP contribution in [0.1, 0.15) is 25.3 Å². The second-order valence-electron chi connectivity index (χ2n) is 6.28. The third-order valence-electron chi connectivity index (χ3n) is 4.06. The van der Waals surface area contributed by atoms with Crippen molar-refractivity contribution in [2.75, 3.05) is 11.1 Å². The van der Waals surface area contributed by atoms with E-state index in [1.165, 1.54) is 41.5 Å². The number of hydrogen-bond acceptors (Lipinski definition) is 5. The van der Waals surface area contributed by atoms with Crippen molar-refractivity contribution in [2.45, 2.75) is 30.5 Å². The lowest BCUT2D eigenvalue weighted by Gasteiger charge is -2.06. The SMILES string of the molecule is CCCCc1ccc(NC(=O)CSc2nn(-c3ccc(Cl)c(Cl)c3)c(=S)s2)cc1. The number of aryl methyl sites for hydroxylation is 1. The van der Waals surface area contributed by atoms with Crippen LogP contribution in [0.3, 0.4) is 0 Å². The van der Waals surface area contributed by atoms with Gasteiger partial charge in [-0.3, -0.25) is 4.79 Å². The molecule has 4 nitrogen and oxygen atoms in total. The number of carbonyl (C=O) groups is 1. The predicted molar refractivity (Wildman–Crippen MR) is 127 cm³/mol. The fourth-order valence-electron chi connectivity index (χ4n) is 2.56. The van der Waals surface area contributed by atoms with Gasteiger partial charge in [0, 0.05) is 5.69 Å². The Morgan fingerprint density at radius 2 is 1.97 bits per heavy atom. The van der Waals surface area contributed by atoms with Crippen LogP contribution < -0.4 is 5.32 Å². The summed E-state index contributed by atoms with van der Waals surface area (Å²) < 4.78 is 2.91. The van der Waals surface area contributed by atoms with Crippen LogP contribution in [0, 0.1) is 3.95 Å². The Morgan fingerprint density at radius 1 is 1.21 bits per heavy atom. The Morgan fingerprint density at radius 3 is 2.66 bits per heavy atom. The third-order valence-corrected chi connectivity index (χ3v) is 7.16. The summed E-state index contributed by atoms with van der Waals surface area (Å²) in [5.74, 6) is 0.167. The molecule has 0 radical (unpaired) electrons. The molecular formula is C20H19Cl2N3OS3. The molecule has 3 aromatic rings. The zero-order valence-corrected chi connectivity index (χ0v) is 19.6. The smallest absolute Gasteiger partial charge is 0.234 e. The maximum atomic E-state index is 12.3. The highest BCUT2D eigenvalue weighted by atomic mass is 35.5. The number of halogens is 2. The number of unbranched alkanes of at least 4 members (excludes halogenated alkanes) is 1. The lowest BCUT2D eigenvalue weighted by molar-refractivity contribution is -0.113. The van der Waals surface area contributed by atoms with E-state index in [1.54, 1.807) is 22.9 Å². The first-order valence-corrected chi connectivity index (χ1v) is 12.0. The third kappa shape index (κ3) is 6.30. The van der Waals surface area contributed by atoms with Crippen molar-refractivity contribution in [2.24, 2.45) is 0 Å². The zero-order valence-electron chi connectivity index (χ0n) is 15.7. The Balaban J connectivity index is 1.58.